The van der Waals surface area contributed by atoms with E-state index in [1.54, 1.807) is 6.20 Å². The average molecular weight is 231 g/mol. The zero-order valence-electron chi connectivity index (χ0n) is 10.2. The molecule has 0 aliphatic rings. The molecule has 1 aromatic heterocycles. The highest BCUT2D eigenvalue weighted by Crippen LogP contribution is 2.15. The third-order valence-electron chi connectivity index (χ3n) is 2.66. The molecule has 0 aliphatic heterocycles. The molecule has 2 aromatic rings. The summed E-state index contributed by atoms with van der Waals surface area (Å²) in [5, 5.41) is 0. The van der Waals surface area contributed by atoms with Gasteiger partial charge in [0.25, 0.3) is 0 Å². The Balaban J connectivity index is 2.07. The number of nitrogens with two attached hydrogens (primary N) is 1. The van der Waals surface area contributed by atoms with Crippen molar-refractivity contribution in [3.63, 3.8) is 0 Å². The fraction of sp³-hybridized carbons (Fsp3) is 0.308. The average Bonchev–Trinajstić information content (AvgIpc) is 2.67. The number of nitrogen functional groups attached to an aromatic ring is 1. The molecular formula is C13H17N3O. The van der Waals surface area contributed by atoms with E-state index in [-0.39, 0.29) is 0 Å². The van der Waals surface area contributed by atoms with Gasteiger partial charge in [-0.2, -0.15) is 0 Å². The summed E-state index contributed by atoms with van der Waals surface area (Å²) in [6.07, 6.45) is 1.76. The van der Waals surface area contributed by atoms with Gasteiger partial charge in [-0.3, -0.25) is 0 Å². The molecule has 4 heteroatoms. The number of rotatable bonds is 4. The minimum absolute atomic E-state index is 0.488. The van der Waals surface area contributed by atoms with E-state index in [1.165, 1.54) is 5.56 Å². The van der Waals surface area contributed by atoms with Crippen molar-refractivity contribution < 1.29 is 4.74 Å². The second-order valence-electron chi connectivity index (χ2n) is 3.96. The van der Waals surface area contributed by atoms with Gasteiger partial charge in [-0.25, -0.2) is 4.98 Å². The Hall–Kier alpha value is -1.97. The van der Waals surface area contributed by atoms with Gasteiger partial charge in [0, 0.05) is 6.54 Å². The van der Waals surface area contributed by atoms with Crippen molar-refractivity contribution in [2.24, 2.45) is 0 Å². The summed E-state index contributed by atoms with van der Waals surface area (Å²) in [6, 6.07) is 7.98. The molecule has 2 rings (SSSR count). The van der Waals surface area contributed by atoms with Crippen LogP contribution in [-0.2, 0) is 13.2 Å². The van der Waals surface area contributed by atoms with Crippen LogP contribution in [0.1, 0.15) is 18.2 Å². The second-order valence-corrected chi connectivity index (χ2v) is 3.96. The van der Waals surface area contributed by atoms with E-state index in [9.17, 15) is 0 Å². The maximum absolute atomic E-state index is 5.74. The summed E-state index contributed by atoms with van der Waals surface area (Å²) in [5.41, 5.74) is 7.92. The van der Waals surface area contributed by atoms with Gasteiger partial charge in [0.15, 0.2) is 5.95 Å². The molecule has 0 aliphatic carbocycles. The fourth-order valence-corrected chi connectivity index (χ4v) is 1.77. The number of anilines is 1. The highest BCUT2D eigenvalue weighted by atomic mass is 16.5. The third kappa shape index (κ3) is 2.58. The Bertz CT molecular complexity index is 505. The van der Waals surface area contributed by atoms with Crippen LogP contribution in [0.5, 0.6) is 5.75 Å². The molecule has 1 aromatic carbocycles. The zero-order chi connectivity index (χ0) is 12.3. The van der Waals surface area contributed by atoms with E-state index in [0.717, 1.165) is 18.0 Å². The lowest BCUT2D eigenvalue weighted by molar-refractivity contribution is 0.295. The predicted molar refractivity (Wildman–Crippen MR) is 67.8 cm³/mol. The summed E-state index contributed by atoms with van der Waals surface area (Å²) in [4.78, 5) is 4.08. The first-order chi connectivity index (χ1) is 8.20. The van der Waals surface area contributed by atoms with Crippen LogP contribution < -0.4 is 10.5 Å². The number of hydrogen-bond donors (Lipinski definition) is 1. The molecule has 0 unspecified atom stereocenters. The lowest BCUT2D eigenvalue weighted by atomic mass is 10.2. The van der Waals surface area contributed by atoms with Gasteiger partial charge < -0.3 is 15.0 Å². The number of benzene rings is 1. The van der Waals surface area contributed by atoms with Crippen LogP contribution in [0, 0.1) is 6.92 Å². The number of aryl methyl sites for hydroxylation is 1. The van der Waals surface area contributed by atoms with Gasteiger partial charge in [-0.15, -0.1) is 0 Å². The minimum atomic E-state index is 0.488. The second kappa shape index (κ2) is 4.91. The molecule has 0 fully saturated rings. The molecule has 2 N–H and O–H groups in total. The highest BCUT2D eigenvalue weighted by molar-refractivity contribution is 5.28. The van der Waals surface area contributed by atoms with Gasteiger partial charge in [0.1, 0.15) is 12.4 Å². The van der Waals surface area contributed by atoms with E-state index >= 15 is 0 Å². The highest BCUT2D eigenvalue weighted by Gasteiger charge is 2.06. The van der Waals surface area contributed by atoms with Crippen LogP contribution in [-0.4, -0.2) is 9.55 Å². The topological polar surface area (TPSA) is 53.1 Å². The zero-order valence-corrected chi connectivity index (χ0v) is 10.2. The van der Waals surface area contributed by atoms with Gasteiger partial charge >= 0.3 is 0 Å². The summed E-state index contributed by atoms with van der Waals surface area (Å²) in [5.74, 6) is 1.41. The van der Waals surface area contributed by atoms with Gasteiger partial charge in [0.05, 0.1) is 11.9 Å². The monoisotopic (exact) mass is 231 g/mol. The standard InChI is InChI=1S/C13H17N3O/c1-3-16-11(8-15-13(16)14)9-17-12-6-4-5-10(2)7-12/h4-8H,3,9H2,1-2H3,(H2,14,15). The lowest BCUT2D eigenvalue weighted by Crippen LogP contribution is -2.07. The fourth-order valence-electron chi connectivity index (χ4n) is 1.77. The van der Waals surface area contributed by atoms with Gasteiger partial charge in [-0.05, 0) is 31.5 Å². The number of aromatic nitrogens is 2. The molecule has 0 atom stereocenters. The number of hydrogen-bond acceptors (Lipinski definition) is 3. The van der Waals surface area contributed by atoms with Crippen LogP contribution in [0.2, 0.25) is 0 Å². The maximum Gasteiger partial charge on any atom is 0.200 e. The molecule has 0 radical (unpaired) electrons. The maximum atomic E-state index is 5.74. The molecule has 0 spiro atoms. The molecule has 0 saturated carbocycles. The van der Waals surface area contributed by atoms with Crippen LogP contribution in [0.15, 0.2) is 30.5 Å². The van der Waals surface area contributed by atoms with E-state index in [1.807, 2.05) is 42.7 Å². The van der Waals surface area contributed by atoms with E-state index in [2.05, 4.69) is 4.98 Å². The lowest BCUT2D eigenvalue weighted by Gasteiger charge is -2.09. The molecular weight excluding hydrogens is 214 g/mol. The van der Waals surface area contributed by atoms with Crippen LogP contribution in [0.4, 0.5) is 5.95 Å². The quantitative estimate of drug-likeness (QED) is 0.878. The Kier molecular flexibility index (Phi) is 3.32. The van der Waals surface area contributed by atoms with Crippen molar-refractivity contribution in [1.29, 1.82) is 0 Å². The Morgan fingerprint density at radius 3 is 2.94 bits per heavy atom. The molecule has 0 saturated heterocycles. The SMILES string of the molecule is CCn1c(COc2cccc(C)c2)cnc1N. The summed E-state index contributed by atoms with van der Waals surface area (Å²) >= 11 is 0. The van der Waals surface area contributed by atoms with Gasteiger partial charge in [0.2, 0.25) is 0 Å². The molecule has 0 amide bonds. The largest absolute Gasteiger partial charge is 0.487 e. The Morgan fingerprint density at radius 1 is 1.41 bits per heavy atom. The Labute approximate surface area is 101 Å². The summed E-state index contributed by atoms with van der Waals surface area (Å²) in [6.45, 7) is 5.37. The van der Waals surface area contributed by atoms with Crippen molar-refractivity contribution in [2.45, 2.75) is 27.0 Å². The number of ether oxygens (including phenoxy) is 1. The van der Waals surface area contributed by atoms with Crippen LogP contribution in [0.3, 0.4) is 0 Å². The van der Waals surface area contributed by atoms with Crippen molar-refractivity contribution in [1.82, 2.24) is 9.55 Å². The molecule has 4 nitrogen and oxygen atoms in total. The predicted octanol–water partition coefficient (Wildman–Crippen LogP) is 2.37. The molecule has 1 heterocycles. The summed E-state index contributed by atoms with van der Waals surface area (Å²) in [7, 11) is 0. The number of nitrogens with zero attached hydrogens (tertiary/aromatic N) is 2. The van der Waals surface area contributed by atoms with E-state index < -0.39 is 0 Å². The van der Waals surface area contributed by atoms with Gasteiger partial charge in [-0.1, -0.05) is 12.1 Å². The normalized spacial score (nSPS) is 10.5. The van der Waals surface area contributed by atoms with Crippen molar-refractivity contribution >= 4 is 5.95 Å². The smallest absolute Gasteiger partial charge is 0.200 e. The van der Waals surface area contributed by atoms with E-state index in [0.29, 0.717) is 12.6 Å². The molecule has 90 valence electrons. The minimum Gasteiger partial charge on any atom is -0.487 e. The Morgan fingerprint density at radius 2 is 2.24 bits per heavy atom. The third-order valence-corrected chi connectivity index (χ3v) is 2.66. The molecule has 17 heavy (non-hydrogen) atoms. The summed E-state index contributed by atoms with van der Waals surface area (Å²) < 4.78 is 7.65. The van der Waals surface area contributed by atoms with E-state index in [4.69, 9.17) is 10.5 Å². The van der Waals surface area contributed by atoms with Crippen molar-refractivity contribution in [3.8, 4) is 5.75 Å². The first-order valence-electron chi connectivity index (χ1n) is 5.70. The first-order valence-corrected chi connectivity index (χ1v) is 5.70. The molecule has 0 bridgehead atoms. The van der Waals surface area contributed by atoms with Crippen molar-refractivity contribution in [3.05, 3.63) is 41.7 Å². The first kappa shape index (κ1) is 11.5. The van der Waals surface area contributed by atoms with Crippen LogP contribution in [0.25, 0.3) is 0 Å². The van der Waals surface area contributed by atoms with Crippen molar-refractivity contribution in [2.75, 3.05) is 5.73 Å². The van der Waals surface area contributed by atoms with Crippen LogP contribution >= 0.6 is 0 Å². The number of imidazole rings is 1.